The average molecular weight is 280 g/mol. The highest BCUT2D eigenvalue weighted by molar-refractivity contribution is 5.66. The number of rotatable bonds is 3. The second-order valence-electron chi connectivity index (χ2n) is 4.48. The zero-order valence-electron chi connectivity index (χ0n) is 11.4. The van der Waals surface area contributed by atoms with E-state index in [0.717, 1.165) is 11.3 Å². The first-order valence-corrected chi connectivity index (χ1v) is 6.33. The number of nitriles is 1. The number of ether oxygens (including phenoxy) is 1. The quantitative estimate of drug-likeness (QED) is 0.732. The van der Waals surface area contributed by atoms with Crippen LogP contribution in [0.1, 0.15) is 0 Å². The standard InChI is InChI=1S/C15H12N4O2/c1-21-12-4-2-11(3-5-12)13-10-14-15(20)18(7-6-16)8-9-19(14)17-13/h2-5,8-10H,7H2,1H3. The second kappa shape index (κ2) is 5.13. The summed E-state index contributed by atoms with van der Waals surface area (Å²) < 4.78 is 8.00. The summed E-state index contributed by atoms with van der Waals surface area (Å²) in [5.41, 5.74) is 1.81. The molecule has 6 nitrogen and oxygen atoms in total. The van der Waals surface area contributed by atoms with E-state index >= 15 is 0 Å². The Balaban J connectivity index is 2.10. The fourth-order valence-corrected chi connectivity index (χ4v) is 2.13. The van der Waals surface area contributed by atoms with E-state index < -0.39 is 0 Å². The highest BCUT2D eigenvalue weighted by atomic mass is 16.5. The molecule has 0 amide bonds. The van der Waals surface area contributed by atoms with Crippen molar-refractivity contribution in [3.8, 4) is 23.1 Å². The van der Waals surface area contributed by atoms with Crippen molar-refractivity contribution in [1.29, 1.82) is 5.26 Å². The highest BCUT2D eigenvalue weighted by Gasteiger charge is 2.09. The van der Waals surface area contributed by atoms with Crippen molar-refractivity contribution in [3.63, 3.8) is 0 Å². The Labute approximate surface area is 120 Å². The lowest BCUT2D eigenvalue weighted by Gasteiger charge is -2.00. The summed E-state index contributed by atoms with van der Waals surface area (Å²) in [7, 11) is 1.61. The molecule has 3 rings (SSSR count). The monoisotopic (exact) mass is 280 g/mol. The Morgan fingerprint density at radius 1 is 1.29 bits per heavy atom. The van der Waals surface area contributed by atoms with Crippen molar-refractivity contribution in [2.75, 3.05) is 7.11 Å². The molecule has 0 spiro atoms. The summed E-state index contributed by atoms with van der Waals surface area (Å²) in [4.78, 5) is 12.2. The van der Waals surface area contributed by atoms with Gasteiger partial charge in [-0.05, 0) is 30.3 Å². The zero-order chi connectivity index (χ0) is 14.8. The lowest BCUT2D eigenvalue weighted by molar-refractivity contribution is 0.415. The van der Waals surface area contributed by atoms with Crippen LogP contribution in [0.25, 0.3) is 16.8 Å². The zero-order valence-corrected chi connectivity index (χ0v) is 11.4. The summed E-state index contributed by atoms with van der Waals surface area (Å²) in [6.45, 7) is 0.0262. The van der Waals surface area contributed by atoms with E-state index in [1.807, 2.05) is 30.3 Å². The van der Waals surface area contributed by atoms with Gasteiger partial charge in [-0.25, -0.2) is 4.52 Å². The van der Waals surface area contributed by atoms with Gasteiger partial charge in [0.15, 0.2) is 0 Å². The van der Waals surface area contributed by atoms with Crippen molar-refractivity contribution in [3.05, 3.63) is 53.1 Å². The number of aromatic nitrogens is 3. The van der Waals surface area contributed by atoms with Crippen molar-refractivity contribution in [2.24, 2.45) is 0 Å². The number of methoxy groups -OCH3 is 1. The van der Waals surface area contributed by atoms with Crippen LogP contribution in [-0.2, 0) is 6.54 Å². The normalized spacial score (nSPS) is 10.5. The minimum atomic E-state index is -0.230. The summed E-state index contributed by atoms with van der Waals surface area (Å²) in [6.07, 6.45) is 3.23. The van der Waals surface area contributed by atoms with Crippen molar-refractivity contribution < 1.29 is 4.74 Å². The maximum atomic E-state index is 12.2. The maximum absolute atomic E-state index is 12.2. The van der Waals surface area contributed by atoms with E-state index in [4.69, 9.17) is 10.00 Å². The van der Waals surface area contributed by atoms with Gasteiger partial charge in [-0.15, -0.1) is 0 Å². The lowest BCUT2D eigenvalue weighted by Crippen LogP contribution is -2.20. The molecule has 104 valence electrons. The minimum Gasteiger partial charge on any atom is -0.497 e. The molecule has 0 atom stereocenters. The molecular weight excluding hydrogens is 268 g/mol. The van der Waals surface area contributed by atoms with E-state index in [1.165, 1.54) is 9.08 Å². The largest absolute Gasteiger partial charge is 0.497 e. The second-order valence-corrected chi connectivity index (χ2v) is 4.48. The van der Waals surface area contributed by atoms with Crippen molar-refractivity contribution in [1.82, 2.24) is 14.2 Å². The van der Waals surface area contributed by atoms with Gasteiger partial charge in [0.1, 0.15) is 17.8 Å². The van der Waals surface area contributed by atoms with E-state index in [1.54, 1.807) is 25.6 Å². The first-order chi connectivity index (χ1) is 10.2. The van der Waals surface area contributed by atoms with Crippen LogP contribution in [0.5, 0.6) is 5.75 Å². The first-order valence-electron chi connectivity index (χ1n) is 6.33. The van der Waals surface area contributed by atoms with Crippen LogP contribution in [0.4, 0.5) is 0 Å². The molecule has 0 fully saturated rings. The molecule has 0 saturated heterocycles. The predicted molar refractivity (Wildman–Crippen MR) is 77.1 cm³/mol. The highest BCUT2D eigenvalue weighted by Crippen LogP contribution is 2.21. The van der Waals surface area contributed by atoms with Gasteiger partial charge < -0.3 is 4.74 Å². The van der Waals surface area contributed by atoms with Crippen LogP contribution in [0.3, 0.4) is 0 Å². The fourth-order valence-electron chi connectivity index (χ4n) is 2.13. The summed E-state index contributed by atoms with van der Waals surface area (Å²) in [5.74, 6) is 0.763. The molecule has 0 bridgehead atoms. The summed E-state index contributed by atoms with van der Waals surface area (Å²) in [5, 5.41) is 13.1. The van der Waals surface area contributed by atoms with Crippen molar-refractivity contribution in [2.45, 2.75) is 6.54 Å². The number of hydrogen-bond donors (Lipinski definition) is 0. The topological polar surface area (TPSA) is 72.3 Å². The van der Waals surface area contributed by atoms with Crippen LogP contribution in [0.15, 0.2) is 47.5 Å². The van der Waals surface area contributed by atoms with E-state index in [-0.39, 0.29) is 12.1 Å². The number of benzene rings is 1. The summed E-state index contributed by atoms with van der Waals surface area (Å²) in [6, 6.07) is 11.1. The Kier molecular flexibility index (Phi) is 3.16. The van der Waals surface area contributed by atoms with Gasteiger partial charge in [-0.2, -0.15) is 10.4 Å². The molecule has 0 saturated carbocycles. The van der Waals surface area contributed by atoms with Crippen LogP contribution in [0.2, 0.25) is 0 Å². The van der Waals surface area contributed by atoms with Gasteiger partial charge >= 0.3 is 0 Å². The fraction of sp³-hybridized carbons (Fsp3) is 0.133. The summed E-state index contributed by atoms with van der Waals surface area (Å²) >= 11 is 0. The maximum Gasteiger partial charge on any atom is 0.277 e. The predicted octanol–water partition coefficient (Wildman–Crippen LogP) is 1.70. The molecule has 0 N–H and O–H groups in total. The van der Waals surface area contributed by atoms with E-state index in [0.29, 0.717) is 11.2 Å². The van der Waals surface area contributed by atoms with Crippen LogP contribution in [-0.4, -0.2) is 21.3 Å². The number of nitrogens with zero attached hydrogens (tertiary/aromatic N) is 4. The van der Waals surface area contributed by atoms with Crippen LogP contribution >= 0.6 is 0 Å². The van der Waals surface area contributed by atoms with Gasteiger partial charge in [0.25, 0.3) is 5.56 Å². The average Bonchev–Trinajstić information content (AvgIpc) is 2.95. The van der Waals surface area contributed by atoms with Gasteiger partial charge in [-0.1, -0.05) is 0 Å². The third-order valence-electron chi connectivity index (χ3n) is 3.23. The molecule has 3 aromatic rings. The van der Waals surface area contributed by atoms with Gasteiger partial charge in [-0.3, -0.25) is 9.36 Å². The third kappa shape index (κ3) is 2.25. The van der Waals surface area contributed by atoms with E-state index in [2.05, 4.69) is 5.10 Å². The molecule has 0 radical (unpaired) electrons. The van der Waals surface area contributed by atoms with Gasteiger partial charge in [0.2, 0.25) is 0 Å². The molecule has 0 unspecified atom stereocenters. The van der Waals surface area contributed by atoms with Crippen LogP contribution in [0, 0.1) is 11.3 Å². The Morgan fingerprint density at radius 2 is 2.05 bits per heavy atom. The number of hydrogen-bond acceptors (Lipinski definition) is 4. The Hall–Kier alpha value is -3.07. The molecule has 0 aliphatic carbocycles. The van der Waals surface area contributed by atoms with Gasteiger partial charge in [0.05, 0.1) is 18.9 Å². The lowest BCUT2D eigenvalue weighted by atomic mass is 10.1. The van der Waals surface area contributed by atoms with Gasteiger partial charge in [0, 0.05) is 18.0 Å². The molecule has 2 heterocycles. The Morgan fingerprint density at radius 3 is 2.71 bits per heavy atom. The molecule has 0 aliphatic heterocycles. The SMILES string of the molecule is COc1ccc(-c2cc3c(=O)n(CC#N)ccn3n2)cc1. The minimum absolute atomic E-state index is 0.0262. The molecule has 0 aliphatic rings. The molecule has 2 aromatic heterocycles. The number of fused-ring (bicyclic) bond motifs is 1. The molecule has 21 heavy (non-hydrogen) atoms. The Bertz CT molecular complexity index is 885. The van der Waals surface area contributed by atoms with E-state index in [9.17, 15) is 4.79 Å². The molecule has 6 heteroatoms. The smallest absolute Gasteiger partial charge is 0.277 e. The van der Waals surface area contributed by atoms with Crippen LogP contribution < -0.4 is 10.3 Å². The third-order valence-corrected chi connectivity index (χ3v) is 3.23. The molecule has 1 aromatic carbocycles. The first kappa shape index (κ1) is 12.9. The molecular formula is C15H12N4O2. The van der Waals surface area contributed by atoms with Crippen molar-refractivity contribution >= 4 is 5.52 Å².